The van der Waals surface area contributed by atoms with Crippen molar-refractivity contribution in [2.45, 2.75) is 52.0 Å². The summed E-state index contributed by atoms with van der Waals surface area (Å²) in [6.07, 6.45) is 5.79. The van der Waals surface area contributed by atoms with Crippen LogP contribution in [0.2, 0.25) is 0 Å². The maximum atomic E-state index is 13.5. The molecule has 112 valence electrons. The van der Waals surface area contributed by atoms with Crippen LogP contribution in [0.3, 0.4) is 0 Å². The zero-order valence-corrected chi connectivity index (χ0v) is 12.7. The predicted octanol–water partition coefficient (Wildman–Crippen LogP) is 3.73. The van der Waals surface area contributed by atoms with E-state index in [9.17, 15) is 4.39 Å². The third kappa shape index (κ3) is 3.95. The molecule has 0 spiro atoms. The van der Waals surface area contributed by atoms with Gasteiger partial charge in [0.05, 0.1) is 0 Å². The van der Waals surface area contributed by atoms with Gasteiger partial charge in [-0.05, 0) is 62.3 Å². The number of anilines is 1. The average molecular weight is 278 g/mol. The van der Waals surface area contributed by atoms with Crippen LogP contribution < -0.4 is 10.6 Å². The highest BCUT2D eigenvalue weighted by Crippen LogP contribution is 2.28. The van der Waals surface area contributed by atoms with Gasteiger partial charge in [0.2, 0.25) is 0 Å². The molecule has 20 heavy (non-hydrogen) atoms. The molecule has 1 aliphatic heterocycles. The molecule has 0 bridgehead atoms. The molecule has 2 unspecified atom stereocenters. The normalized spacial score (nSPS) is 21.6. The van der Waals surface area contributed by atoms with Crippen molar-refractivity contribution in [1.82, 2.24) is 0 Å². The molecule has 2 nitrogen and oxygen atoms in total. The van der Waals surface area contributed by atoms with Crippen LogP contribution in [-0.4, -0.2) is 19.1 Å². The molecule has 3 heteroatoms. The molecule has 0 amide bonds. The van der Waals surface area contributed by atoms with Crippen LogP contribution in [0.15, 0.2) is 18.2 Å². The van der Waals surface area contributed by atoms with Crippen molar-refractivity contribution in [1.29, 1.82) is 0 Å². The molecular weight excluding hydrogens is 251 g/mol. The number of benzene rings is 1. The van der Waals surface area contributed by atoms with E-state index in [1.807, 2.05) is 13.0 Å². The highest BCUT2D eigenvalue weighted by molar-refractivity contribution is 5.54. The van der Waals surface area contributed by atoms with E-state index < -0.39 is 0 Å². The highest BCUT2D eigenvalue weighted by Gasteiger charge is 2.18. The summed E-state index contributed by atoms with van der Waals surface area (Å²) in [7, 11) is 0. The lowest BCUT2D eigenvalue weighted by Crippen LogP contribution is -2.27. The minimum atomic E-state index is -0.161. The van der Waals surface area contributed by atoms with Gasteiger partial charge in [0, 0.05) is 24.8 Å². The Kier molecular flexibility index (Phi) is 5.41. The quantitative estimate of drug-likeness (QED) is 0.909. The minimum Gasteiger partial charge on any atom is -0.371 e. The van der Waals surface area contributed by atoms with Crippen LogP contribution in [0, 0.1) is 11.7 Å². The Bertz CT molecular complexity index is 431. The summed E-state index contributed by atoms with van der Waals surface area (Å²) in [4.78, 5) is 2.42. The number of halogens is 1. The monoisotopic (exact) mass is 278 g/mol. The minimum absolute atomic E-state index is 0.0610. The molecule has 1 aromatic carbocycles. The Morgan fingerprint density at radius 2 is 2.15 bits per heavy atom. The van der Waals surface area contributed by atoms with E-state index in [4.69, 9.17) is 5.73 Å². The van der Waals surface area contributed by atoms with Crippen LogP contribution in [0.4, 0.5) is 10.1 Å². The first-order valence-electron chi connectivity index (χ1n) is 7.89. The van der Waals surface area contributed by atoms with Crippen LogP contribution in [0.1, 0.15) is 45.1 Å². The maximum Gasteiger partial charge on any atom is 0.123 e. The van der Waals surface area contributed by atoms with Crippen molar-refractivity contribution < 1.29 is 4.39 Å². The summed E-state index contributed by atoms with van der Waals surface area (Å²) in [6.45, 7) is 6.41. The number of hydrogen-bond donors (Lipinski definition) is 1. The van der Waals surface area contributed by atoms with E-state index in [0.29, 0.717) is 0 Å². The molecule has 0 aliphatic carbocycles. The van der Waals surface area contributed by atoms with Gasteiger partial charge in [-0.2, -0.15) is 0 Å². The summed E-state index contributed by atoms with van der Waals surface area (Å²) in [5, 5.41) is 0. The van der Waals surface area contributed by atoms with Crippen molar-refractivity contribution in [2.75, 3.05) is 18.0 Å². The van der Waals surface area contributed by atoms with Crippen molar-refractivity contribution in [2.24, 2.45) is 11.7 Å². The molecule has 2 N–H and O–H groups in total. The van der Waals surface area contributed by atoms with E-state index in [1.165, 1.54) is 31.4 Å². The lowest BCUT2D eigenvalue weighted by molar-refractivity contribution is 0.459. The third-order valence-corrected chi connectivity index (χ3v) is 4.35. The summed E-state index contributed by atoms with van der Waals surface area (Å²) in [6, 6.07) is 5.22. The fourth-order valence-corrected chi connectivity index (χ4v) is 3.19. The van der Waals surface area contributed by atoms with Gasteiger partial charge >= 0.3 is 0 Å². The second kappa shape index (κ2) is 7.07. The van der Waals surface area contributed by atoms with Crippen molar-refractivity contribution in [3.05, 3.63) is 29.6 Å². The SMILES string of the molecule is CCC1CCCN(c2ccc(F)cc2CC(C)N)CC1. The van der Waals surface area contributed by atoms with Crippen LogP contribution in [0.5, 0.6) is 0 Å². The molecule has 1 saturated heterocycles. The molecule has 2 rings (SSSR count). The van der Waals surface area contributed by atoms with E-state index in [1.54, 1.807) is 12.1 Å². The molecular formula is C17H27FN2. The first kappa shape index (κ1) is 15.3. The number of nitrogens with two attached hydrogens (primary N) is 1. The number of rotatable bonds is 4. The lowest BCUT2D eigenvalue weighted by Gasteiger charge is -2.26. The Morgan fingerprint density at radius 1 is 1.35 bits per heavy atom. The van der Waals surface area contributed by atoms with Gasteiger partial charge in [0.25, 0.3) is 0 Å². The first-order chi connectivity index (χ1) is 9.60. The third-order valence-electron chi connectivity index (χ3n) is 4.35. The smallest absolute Gasteiger partial charge is 0.123 e. The van der Waals surface area contributed by atoms with Crippen molar-refractivity contribution >= 4 is 5.69 Å². The lowest BCUT2D eigenvalue weighted by atomic mass is 9.98. The second-order valence-corrected chi connectivity index (χ2v) is 6.15. The Morgan fingerprint density at radius 3 is 2.85 bits per heavy atom. The maximum absolute atomic E-state index is 13.5. The van der Waals surface area contributed by atoms with Crippen LogP contribution in [0.25, 0.3) is 0 Å². The summed E-state index contributed by atoms with van der Waals surface area (Å²) in [5.74, 6) is 0.683. The molecule has 1 heterocycles. The van der Waals surface area contributed by atoms with Gasteiger partial charge in [0.1, 0.15) is 5.82 Å². The van der Waals surface area contributed by atoms with E-state index in [2.05, 4.69) is 11.8 Å². The fraction of sp³-hybridized carbons (Fsp3) is 0.647. The highest BCUT2D eigenvalue weighted by atomic mass is 19.1. The molecule has 2 atom stereocenters. The number of hydrogen-bond acceptors (Lipinski definition) is 2. The predicted molar refractivity (Wildman–Crippen MR) is 83.6 cm³/mol. The Hall–Kier alpha value is -1.09. The van der Waals surface area contributed by atoms with Gasteiger partial charge in [-0.3, -0.25) is 0 Å². The van der Waals surface area contributed by atoms with Gasteiger partial charge in [0.15, 0.2) is 0 Å². The molecule has 0 radical (unpaired) electrons. The standard InChI is InChI=1S/C17H27FN2/c1-3-14-5-4-9-20(10-8-14)17-7-6-16(18)12-15(17)11-13(2)19/h6-7,12-14H,3-5,8-11,19H2,1-2H3. The van der Waals surface area contributed by atoms with Gasteiger partial charge in [-0.25, -0.2) is 4.39 Å². The van der Waals surface area contributed by atoms with Crippen LogP contribution in [-0.2, 0) is 6.42 Å². The number of nitrogens with zero attached hydrogens (tertiary/aromatic N) is 1. The Labute approximate surface area is 122 Å². The van der Waals surface area contributed by atoms with E-state index in [-0.39, 0.29) is 11.9 Å². The molecule has 0 aromatic heterocycles. The van der Waals surface area contributed by atoms with Gasteiger partial charge in [-0.1, -0.05) is 13.3 Å². The first-order valence-corrected chi connectivity index (χ1v) is 7.89. The van der Waals surface area contributed by atoms with E-state index in [0.717, 1.165) is 31.0 Å². The molecule has 0 saturated carbocycles. The van der Waals surface area contributed by atoms with Gasteiger partial charge < -0.3 is 10.6 Å². The average Bonchev–Trinajstić information content (AvgIpc) is 2.63. The van der Waals surface area contributed by atoms with E-state index >= 15 is 0 Å². The summed E-state index contributed by atoms with van der Waals surface area (Å²) in [5.41, 5.74) is 8.14. The van der Waals surface area contributed by atoms with Gasteiger partial charge in [-0.15, -0.1) is 0 Å². The van der Waals surface area contributed by atoms with Crippen LogP contribution >= 0.6 is 0 Å². The summed E-state index contributed by atoms with van der Waals surface area (Å²) >= 11 is 0. The molecule has 1 aliphatic rings. The zero-order valence-electron chi connectivity index (χ0n) is 12.7. The topological polar surface area (TPSA) is 29.3 Å². The molecule has 1 aromatic rings. The zero-order chi connectivity index (χ0) is 14.5. The van der Waals surface area contributed by atoms with Crippen molar-refractivity contribution in [3.8, 4) is 0 Å². The Balaban J connectivity index is 2.18. The second-order valence-electron chi connectivity index (χ2n) is 6.15. The largest absolute Gasteiger partial charge is 0.371 e. The molecule has 1 fully saturated rings. The summed E-state index contributed by atoms with van der Waals surface area (Å²) < 4.78 is 13.5. The van der Waals surface area contributed by atoms with Crippen molar-refractivity contribution in [3.63, 3.8) is 0 Å². The fourth-order valence-electron chi connectivity index (χ4n) is 3.19.